The highest BCUT2D eigenvalue weighted by Gasteiger charge is 2.24. The van der Waals surface area contributed by atoms with Crippen LogP contribution in [0.15, 0.2) is 0 Å². The molecule has 0 saturated carbocycles. The van der Waals surface area contributed by atoms with Gasteiger partial charge >= 0.3 is 0 Å². The number of β-amino-alcohol motifs (C(OH)–C–C–N with tert-alkyl or cyclic N) is 1. The number of hydrogen-bond acceptors (Lipinski definition) is 4. The van der Waals surface area contributed by atoms with Crippen molar-refractivity contribution in [2.24, 2.45) is 0 Å². The fourth-order valence-electron chi connectivity index (χ4n) is 2.40. The Hall–Kier alpha value is -0.650. The Balaban J connectivity index is 1.59. The first kappa shape index (κ1) is 12.8. The predicted octanol–water partition coefficient (Wildman–Crippen LogP) is -0.262. The minimum atomic E-state index is -0.329. The van der Waals surface area contributed by atoms with E-state index in [1.807, 2.05) is 0 Å². The van der Waals surface area contributed by atoms with Crippen LogP contribution in [0.4, 0.5) is 0 Å². The third-order valence-corrected chi connectivity index (χ3v) is 3.47. The van der Waals surface area contributed by atoms with Gasteiger partial charge in [-0.1, -0.05) is 0 Å². The molecular formula is C12H22N2O3. The minimum absolute atomic E-state index is 0.107. The normalized spacial score (nSPS) is 26.4. The minimum Gasteiger partial charge on any atom is -0.391 e. The third-order valence-electron chi connectivity index (χ3n) is 3.47. The molecule has 0 radical (unpaired) electrons. The number of nitrogens with one attached hydrogen (secondary N) is 1. The first-order valence-electron chi connectivity index (χ1n) is 6.54. The van der Waals surface area contributed by atoms with E-state index in [2.05, 4.69) is 5.32 Å². The molecule has 0 aromatic carbocycles. The summed E-state index contributed by atoms with van der Waals surface area (Å²) in [5, 5.41) is 12.6. The molecule has 17 heavy (non-hydrogen) atoms. The number of carbonyl (C=O) groups excluding carboxylic acids is 1. The topological polar surface area (TPSA) is 61.8 Å². The molecule has 2 saturated heterocycles. The van der Waals surface area contributed by atoms with Crippen LogP contribution >= 0.6 is 0 Å². The fourth-order valence-corrected chi connectivity index (χ4v) is 2.40. The van der Waals surface area contributed by atoms with Crippen molar-refractivity contribution in [2.75, 3.05) is 32.8 Å². The van der Waals surface area contributed by atoms with Crippen molar-refractivity contribution in [3.63, 3.8) is 0 Å². The second-order valence-corrected chi connectivity index (χ2v) is 4.85. The Morgan fingerprint density at radius 3 is 2.76 bits per heavy atom. The van der Waals surface area contributed by atoms with Gasteiger partial charge in [-0.25, -0.2) is 0 Å². The van der Waals surface area contributed by atoms with Crippen LogP contribution < -0.4 is 5.32 Å². The Kier molecular flexibility index (Phi) is 4.76. The van der Waals surface area contributed by atoms with Crippen LogP contribution in [0.3, 0.4) is 0 Å². The third kappa shape index (κ3) is 3.94. The van der Waals surface area contributed by atoms with Gasteiger partial charge < -0.3 is 20.1 Å². The molecule has 0 aliphatic carbocycles. The molecule has 0 aromatic rings. The largest absolute Gasteiger partial charge is 0.391 e. The van der Waals surface area contributed by atoms with E-state index >= 15 is 0 Å². The predicted molar refractivity (Wildman–Crippen MR) is 63.7 cm³/mol. The summed E-state index contributed by atoms with van der Waals surface area (Å²) in [7, 11) is 0. The van der Waals surface area contributed by atoms with E-state index in [9.17, 15) is 9.90 Å². The second-order valence-electron chi connectivity index (χ2n) is 4.85. The summed E-state index contributed by atoms with van der Waals surface area (Å²) in [6.45, 7) is 3.71. The maximum Gasteiger partial charge on any atom is 0.224 e. The maximum atomic E-state index is 11.8. The summed E-state index contributed by atoms with van der Waals surface area (Å²) in [6, 6.07) is 0. The van der Waals surface area contributed by atoms with Crippen molar-refractivity contribution in [1.82, 2.24) is 10.2 Å². The van der Waals surface area contributed by atoms with E-state index in [0.29, 0.717) is 38.6 Å². The van der Waals surface area contributed by atoms with Crippen LogP contribution in [0.5, 0.6) is 0 Å². The van der Waals surface area contributed by atoms with Crippen molar-refractivity contribution >= 4 is 5.91 Å². The van der Waals surface area contributed by atoms with Gasteiger partial charge in [-0.15, -0.1) is 0 Å². The second kappa shape index (κ2) is 6.33. The number of hydrogen-bond donors (Lipinski definition) is 2. The Morgan fingerprint density at radius 2 is 2.12 bits per heavy atom. The molecule has 2 aliphatic rings. The molecule has 0 aromatic heterocycles. The summed E-state index contributed by atoms with van der Waals surface area (Å²) >= 11 is 0. The van der Waals surface area contributed by atoms with E-state index in [-0.39, 0.29) is 12.0 Å². The highest BCUT2D eigenvalue weighted by Crippen LogP contribution is 2.11. The molecule has 1 atom stereocenters. The number of nitrogens with zero attached hydrogens (tertiary/aromatic N) is 1. The van der Waals surface area contributed by atoms with Crippen LogP contribution in [0.2, 0.25) is 0 Å². The summed E-state index contributed by atoms with van der Waals surface area (Å²) in [5.41, 5.74) is 0. The van der Waals surface area contributed by atoms with Gasteiger partial charge in [-0.2, -0.15) is 0 Å². The van der Waals surface area contributed by atoms with Crippen LogP contribution in [-0.2, 0) is 9.53 Å². The molecule has 1 amide bonds. The Morgan fingerprint density at radius 1 is 1.35 bits per heavy atom. The number of likely N-dealkylation sites (tertiary alicyclic amines) is 1. The zero-order chi connectivity index (χ0) is 12.1. The molecule has 2 aliphatic heterocycles. The number of amides is 1. The summed E-state index contributed by atoms with van der Waals surface area (Å²) in [4.78, 5) is 13.5. The van der Waals surface area contributed by atoms with Gasteiger partial charge in [0.05, 0.1) is 25.2 Å². The highest BCUT2D eigenvalue weighted by atomic mass is 16.5. The summed E-state index contributed by atoms with van der Waals surface area (Å²) in [6.07, 6.45) is 3.21. The average Bonchev–Trinajstić information content (AvgIpc) is 2.77. The van der Waals surface area contributed by atoms with Crippen LogP contribution in [0.25, 0.3) is 0 Å². The Bertz CT molecular complexity index is 254. The standard InChI is InChI=1S/C12H22N2O3/c15-10-3-7-14(9-10)12(16)4-8-17-11-1-5-13-6-2-11/h10-11,13,15H,1-9H2/t10-/m1/s1. The number of ether oxygens (including phenoxy) is 1. The van der Waals surface area contributed by atoms with Gasteiger partial charge in [-0.05, 0) is 32.4 Å². The maximum absolute atomic E-state index is 11.8. The van der Waals surface area contributed by atoms with Crippen molar-refractivity contribution in [3.05, 3.63) is 0 Å². The van der Waals surface area contributed by atoms with Gasteiger partial charge in [-0.3, -0.25) is 4.79 Å². The lowest BCUT2D eigenvalue weighted by Gasteiger charge is -2.23. The van der Waals surface area contributed by atoms with Gasteiger partial charge in [0.1, 0.15) is 0 Å². The van der Waals surface area contributed by atoms with Crippen molar-refractivity contribution < 1.29 is 14.6 Å². The van der Waals surface area contributed by atoms with Gasteiger partial charge in [0.2, 0.25) is 5.91 Å². The lowest BCUT2D eigenvalue weighted by atomic mass is 10.1. The molecule has 2 heterocycles. The molecule has 0 spiro atoms. The number of rotatable bonds is 4. The number of aliphatic hydroxyl groups is 1. The van der Waals surface area contributed by atoms with E-state index in [0.717, 1.165) is 25.9 Å². The molecule has 0 unspecified atom stereocenters. The first-order chi connectivity index (χ1) is 8.25. The van der Waals surface area contributed by atoms with Gasteiger partial charge in [0.25, 0.3) is 0 Å². The quantitative estimate of drug-likeness (QED) is 0.713. The summed E-state index contributed by atoms with van der Waals surface area (Å²) in [5.74, 6) is 0.107. The average molecular weight is 242 g/mol. The zero-order valence-corrected chi connectivity index (χ0v) is 10.2. The first-order valence-corrected chi connectivity index (χ1v) is 6.54. The molecule has 0 bridgehead atoms. The SMILES string of the molecule is O=C(CCOC1CCNCC1)N1CC[C@@H](O)C1. The lowest BCUT2D eigenvalue weighted by molar-refractivity contribution is -0.132. The molecule has 5 nitrogen and oxygen atoms in total. The summed E-state index contributed by atoms with van der Waals surface area (Å²) < 4.78 is 5.69. The van der Waals surface area contributed by atoms with E-state index in [4.69, 9.17) is 4.74 Å². The van der Waals surface area contributed by atoms with E-state index < -0.39 is 0 Å². The van der Waals surface area contributed by atoms with Gasteiger partial charge in [0, 0.05) is 13.1 Å². The van der Waals surface area contributed by atoms with Crippen molar-refractivity contribution in [3.8, 4) is 0 Å². The highest BCUT2D eigenvalue weighted by molar-refractivity contribution is 5.76. The zero-order valence-electron chi connectivity index (χ0n) is 10.2. The molecule has 2 N–H and O–H groups in total. The van der Waals surface area contributed by atoms with E-state index in [1.165, 1.54) is 0 Å². The molecule has 98 valence electrons. The monoisotopic (exact) mass is 242 g/mol. The van der Waals surface area contributed by atoms with Crippen molar-refractivity contribution in [1.29, 1.82) is 0 Å². The molecule has 2 fully saturated rings. The van der Waals surface area contributed by atoms with E-state index in [1.54, 1.807) is 4.90 Å². The number of piperidine rings is 1. The fraction of sp³-hybridized carbons (Fsp3) is 0.917. The smallest absolute Gasteiger partial charge is 0.224 e. The van der Waals surface area contributed by atoms with Crippen LogP contribution in [-0.4, -0.2) is 60.9 Å². The van der Waals surface area contributed by atoms with Gasteiger partial charge in [0.15, 0.2) is 0 Å². The van der Waals surface area contributed by atoms with Crippen LogP contribution in [0, 0.1) is 0 Å². The Labute approximate surface area is 102 Å². The number of carbonyl (C=O) groups is 1. The van der Waals surface area contributed by atoms with Crippen LogP contribution in [0.1, 0.15) is 25.7 Å². The molecule has 2 rings (SSSR count). The molecular weight excluding hydrogens is 220 g/mol. The number of aliphatic hydroxyl groups excluding tert-OH is 1. The lowest BCUT2D eigenvalue weighted by Crippen LogP contribution is -2.34. The molecule has 5 heteroatoms. The van der Waals surface area contributed by atoms with Crippen molar-refractivity contribution in [2.45, 2.75) is 37.9 Å².